The van der Waals surface area contributed by atoms with Gasteiger partial charge in [0.1, 0.15) is 5.60 Å². The Kier molecular flexibility index (Phi) is 4.04. The van der Waals surface area contributed by atoms with Crippen molar-refractivity contribution in [1.29, 1.82) is 0 Å². The number of hydrogen-bond acceptors (Lipinski definition) is 3. The van der Waals surface area contributed by atoms with E-state index < -0.39 is 5.60 Å². The molecule has 0 bridgehead atoms. The Hall–Kier alpha value is -1.71. The van der Waals surface area contributed by atoms with Crippen LogP contribution in [-0.4, -0.2) is 28.1 Å². The first kappa shape index (κ1) is 14.2. The standard InChI is InChI=1S/C18H22N2O/c1-15-6-5-11-19-17(15)18(21)9-12-20(13-10-18)14-16-7-3-2-4-8-16/h2-8,11,21H,9-10,12-14H2,1H3. The molecule has 1 aromatic heterocycles. The summed E-state index contributed by atoms with van der Waals surface area (Å²) in [5.41, 5.74) is 2.50. The Bertz CT molecular complexity index is 589. The summed E-state index contributed by atoms with van der Waals surface area (Å²) in [6.45, 7) is 4.79. The Labute approximate surface area is 126 Å². The van der Waals surface area contributed by atoms with E-state index in [1.165, 1.54) is 5.56 Å². The van der Waals surface area contributed by atoms with E-state index in [4.69, 9.17) is 0 Å². The van der Waals surface area contributed by atoms with Crippen LogP contribution in [0.15, 0.2) is 48.7 Å². The maximum absolute atomic E-state index is 10.9. The summed E-state index contributed by atoms with van der Waals surface area (Å²) < 4.78 is 0. The molecule has 1 aromatic carbocycles. The summed E-state index contributed by atoms with van der Waals surface area (Å²) in [7, 11) is 0. The lowest BCUT2D eigenvalue weighted by atomic mass is 9.85. The third kappa shape index (κ3) is 3.14. The zero-order valence-electron chi connectivity index (χ0n) is 12.5. The predicted octanol–water partition coefficient (Wildman–Crippen LogP) is 2.87. The molecule has 1 fully saturated rings. The molecular formula is C18H22N2O. The van der Waals surface area contributed by atoms with Gasteiger partial charge in [-0.05, 0) is 37.0 Å². The minimum atomic E-state index is -0.765. The fourth-order valence-corrected chi connectivity index (χ4v) is 3.13. The minimum Gasteiger partial charge on any atom is -0.383 e. The first-order valence-corrected chi connectivity index (χ1v) is 7.58. The van der Waals surface area contributed by atoms with Crippen LogP contribution >= 0.6 is 0 Å². The SMILES string of the molecule is Cc1cccnc1C1(O)CCN(Cc2ccccc2)CC1. The van der Waals surface area contributed by atoms with E-state index in [0.717, 1.165) is 43.7 Å². The maximum Gasteiger partial charge on any atom is 0.109 e. The molecule has 0 saturated carbocycles. The number of aryl methyl sites for hydroxylation is 1. The zero-order chi connectivity index (χ0) is 14.7. The molecule has 3 rings (SSSR count). The number of hydrogen-bond donors (Lipinski definition) is 1. The first-order valence-electron chi connectivity index (χ1n) is 7.58. The van der Waals surface area contributed by atoms with Crippen molar-refractivity contribution in [2.24, 2.45) is 0 Å². The first-order chi connectivity index (χ1) is 10.2. The number of benzene rings is 1. The lowest BCUT2D eigenvalue weighted by molar-refractivity contribution is -0.0315. The number of likely N-dealkylation sites (tertiary alicyclic amines) is 1. The van der Waals surface area contributed by atoms with Crippen molar-refractivity contribution < 1.29 is 5.11 Å². The van der Waals surface area contributed by atoms with Crippen molar-refractivity contribution in [3.05, 3.63) is 65.5 Å². The van der Waals surface area contributed by atoms with Crippen molar-refractivity contribution in [3.8, 4) is 0 Å². The van der Waals surface area contributed by atoms with E-state index in [1.54, 1.807) is 6.20 Å². The third-order valence-corrected chi connectivity index (χ3v) is 4.38. The summed E-state index contributed by atoms with van der Waals surface area (Å²) in [4.78, 5) is 6.82. The second-order valence-corrected chi connectivity index (χ2v) is 5.96. The predicted molar refractivity (Wildman–Crippen MR) is 83.8 cm³/mol. The molecule has 0 amide bonds. The van der Waals surface area contributed by atoms with Crippen molar-refractivity contribution in [3.63, 3.8) is 0 Å². The van der Waals surface area contributed by atoms with Gasteiger partial charge in [-0.3, -0.25) is 9.88 Å². The quantitative estimate of drug-likeness (QED) is 0.940. The minimum absolute atomic E-state index is 0.748. The number of pyridine rings is 1. The summed E-state index contributed by atoms with van der Waals surface area (Å²) in [6.07, 6.45) is 3.27. The van der Waals surface area contributed by atoms with Gasteiger partial charge in [-0.15, -0.1) is 0 Å². The van der Waals surface area contributed by atoms with Crippen LogP contribution in [0.2, 0.25) is 0 Å². The number of nitrogens with zero attached hydrogens (tertiary/aromatic N) is 2. The highest BCUT2D eigenvalue weighted by Crippen LogP contribution is 2.33. The van der Waals surface area contributed by atoms with Gasteiger partial charge in [0.05, 0.1) is 5.69 Å². The van der Waals surface area contributed by atoms with Crippen LogP contribution in [0.3, 0.4) is 0 Å². The van der Waals surface area contributed by atoms with Gasteiger partial charge in [-0.2, -0.15) is 0 Å². The van der Waals surface area contributed by atoms with Gasteiger partial charge in [-0.25, -0.2) is 0 Å². The fourth-order valence-electron chi connectivity index (χ4n) is 3.13. The monoisotopic (exact) mass is 282 g/mol. The van der Waals surface area contributed by atoms with Crippen molar-refractivity contribution in [1.82, 2.24) is 9.88 Å². The summed E-state index contributed by atoms with van der Waals surface area (Å²) in [5.74, 6) is 0. The van der Waals surface area contributed by atoms with Crippen LogP contribution in [0.5, 0.6) is 0 Å². The van der Waals surface area contributed by atoms with E-state index in [2.05, 4.69) is 34.1 Å². The van der Waals surface area contributed by atoms with Gasteiger partial charge in [-0.1, -0.05) is 36.4 Å². The van der Waals surface area contributed by atoms with Gasteiger partial charge in [0, 0.05) is 25.8 Å². The Morgan fingerprint density at radius 2 is 1.81 bits per heavy atom. The van der Waals surface area contributed by atoms with Gasteiger partial charge in [0.15, 0.2) is 0 Å². The highest BCUT2D eigenvalue weighted by Gasteiger charge is 2.36. The van der Waals surface area contributed by atoms with Crippen LogP contribution < -0.4 is 0 Å². The largest absolute Gasteiger partial charge is 0.383 e. The Balaban J connectivity index is 1.66. The summed E-state index contributed by atoms with van der Waals surface area (Å²) >= 11 is 0. The summed E-state index contributed by atoms with van der Waals surface area (Å²) in [6, 6.07) is 14.5. The molecular weight excluding hydrogens is 260 g/mol. The van der Waals surface area contributed by atoms with Gasteiger partial charge >= 0.3 is 0 Å². The van der Waals surface area contributed by atoms with Crippen LogP contribution in [0.1, 0.15) is 29.7 Å². The maximum atomic E-state index is 10.9. The molecule has 0 aliphatic carbocycles. The molecule has 21 heavy (non-hydrogen) atoms. The van der Waals surface area contributed by atoms with Crippen LogP contribution in [0, 0.1) is 6.92 Å². The van der Waals surface area contributed by atoms with E-state index in [9.17, 15) is 5.11 Å². The molecule has 2 heterocycles. The summed E-state index contributed by atoms with van der Waals surface area (Å²) in [5, 5.41) is 10.9. The normalized spacial score (nSPS) is 18.6. The van der Waals surface area contributed by atoms with E-state index in [0.29, 0.717) is 0 Å². The van der Waals surface area contributed by atoms with Crippen LogP contribution in [0.4, 0.5) is 0 Å². The number of piperidine rings is 1. The molecule has 1 saturated heterocycles. The zero-order valence-corrected chi connectivity index (χ0v) is 12.5. The lowest BCUT2D eigenvalue weighted by Gasteiger charge is -2.38. The van der Waals surface area contributed by atoms with Crippen LogP contribution in [-0.2, 0) is 12.1 Å². The average molecular weight is 282 g/mol. The Morgan fingerprint density at radius 3 is 2.48 bits per heavy atom. The fraction of sp³-hybridized carbons (Fsp3) is 0.389. The number of aliphatic hydroxyl groups is 1. The van der Waals surface area contributed by atoms with E-state index >= 15 is 0 Å². The van der Waals surface area contributed by atoms with Gasteiger partial charge in [0.2, 0.25) is 0 Å². The molecule has 110 valence electrons. The molecule has 2 aromatic rings. The van der Waals surface area contributed by atoms with Gasteiger partial charge in [0.25, 0.3) is 0 Å². The molecule has 1 aliphatic rings. The highest BCUT2D eigenvalue weighted by atomic mass is 16.3. The molecule has 0 radical (unpaired) electrons. The van der Waals surface area contributed by atoms with Crippen LogP contribution in [0.25, 0.3) is 0 Å². The second-order valence-electron chi connectivity index (χ2n) is 5.96. The third-order valence-electron chi connectivity index (χ3n) is 4.38. The van der Waals surface area contributed by atoms with E-state index in [1.807, 2.05) is 25.1 Å². The van der Waals surface area contributed by atoms with Crippen molar-refractivity contribution in [2.75, 3.05) is 13.1 Å². The molecule has 3 heteroatoms. The second kappa shape index (κ2) is 5.96. The molecule has 1 N–H and O–H groups in total. The molecule has 0 atom stereocenters. The molecule has 0 unspecified atom stereocenters. The van der Waals surface area contributed by atoms with Crippen molar-refractivity contribution >= 4 is 0 Å². The highest BCUT2D eigenvalue weighted by molar-refractivity contribution is 5.24. The topological polar surface area (TPSA) is 36.4 Å². The molecule has 0 spiro atoms. The van der Waals surface area contributed by atoms with Gasteiger partial charge < -0.3 is 5.11 Å². The Morgan fingerprint density at radius 1 is 1.10 bits per heavy atom. The molecule has 3 nitrogen and oxygen atoms in total. The smallest absolute Gasteiger partial charge is 0.109 e. The number of aromatic nitrogens is 1. The lowest BCUT2D eigenvalue weighted by Crippen LogP contribution is -2.43. The molecule has 1 aliphatic heterocycles. The average Bonchev–Trinajstić information content (AvgIpc) is 2.51. The van der Waals surface area contributed by atoms with E-state index in [-0.39, 0.29) is 0 Å². The number of rotatable bonds is 3. The van der Waals surface area contributed by atoms with Crippen molar-refractivity contribution in [2.45, 2.75) is 31.9 Å².